The summed E-state index contributed by atoms with van der Waals surface area (Å²) < 4.78 is 37.3. The zero-order valence-corrected chi connectivity index (χ0v) is 30.3. The SMILES string of the molecule is Cc1cccc(C)c1-c1cc(OC[C@@H](CC2(C)CC2)NCc2ccn3nc(C(C)C)cc3n2)nc(NS(=O)(=O)c2cccc(C(=O)O)c2)n1.Cl. The van der Waals surface area contributed by atoms with Crippen molar-refractivity contribution in [3.63, 3.8) is 0 Å². The number of sulfonamides is 1. The minimum atomic E-state index is -4.23. The van der Waals surface area contributed by atoms with Crippen LogP contribution in [0.4, 0.5) is 5.95 Å². The Kier molecular flexibility index (Phi) is 10.8. The molecule has 3 aromatic heterocycles. The van der Waals surface area contributed by atoms with Crippen molar-refractivity contribution in [3.05, 3.63) is 94.9 Å². The van der Waals surface area contributed by atoms with Crippen LogP contribution in [0.1, 0.15) is 78.8 Å². The molecule has 12 nitrogen and oxygen atoms in total. The number of aromatic carboxylic acids is 1. The number of ether oxygens (including phenoxy) is 1. The highest BCUT2D eigenvalue weighted by Crippen LogP contribution is 2.49. The van der Waals surface area contributed by atoms with Crippen LogP contribution >= 0.6 is 12.4 Å². The topological polar surface area (TPSA) is 161 Å². The molecule has 0 radical (unpaired) electrons. The van der Waals surface area contributed by atoms with Crippen molar-refractivity contribution in [3.8, 4) is 17.1 Å². The molecule has 0 unspecified atom stereocenters. The van der Waals surface area contributed by atoms with Crippen LogP contribution in [0.5, 0.6) is 5.88 Å². The molecule has 0 spiro atoms. The Bertz CT molecular complexity index is 2110. The van der Waals surface area contributed by atoms with E-state index in [2.05, 4.69) is 45.9 Å². The fraction of sp³-hybridized carbons (Fsp3) is 0.361. The zero-order chi connectivity index (χ0) is 34.9. The van der Waals surface area contributed by atoms with Gasteiger partial charge in [0.05, 0.1) is 27.5 Å². The van der Waals surface area contributed by atoms with Crippen LogP contribution in [-0.4, -0.2) is 56.7 Å². The lowest BCUT2D eigenvalue weighted by Crippen LogP contribution is -2.36. The van der Waals surface area contributed by atoms with Crippen LogP contribution in [0.3, 0.4) is 0 Å². The molecule has 1 aliphatic rings. The molecule has 3 heterocycles. The number of carboxylic acid groups (broad SMARTS) is 1. The molecule has 0 amide bonds. The van der Waals surface area contributed by atoms with Crippen molar-refractivity contribution in [2.45, 2.75) is 77.3 Å². The van der Waals surface area contributed by atoms with Crippen LogP contribution in [-0.2, 0) is 16.6 Å². The van der Waals surface area contributed by atoms with Crippen molar-refractivity contribution in [2.24, 2.45) is 5.41 Å². The second-order valence-electron chi connectivity index (χ2n) is 13.5. The molecule has 1 fully saturated rings. The molecule has 2 aromatic carbocycles. The number of carboxylic acids is 1. The van der Waals surface area contributed by atoms with Gasteiger partial charge in [-0.2, -0.15) is 10.1 Å². The fourth-order valence-corrected chi connectivity index (χ4v) is 6.81. The molecular formula is C36H42ClN7O5S. The molecule has 5 aromatic rings. The number of aromatic nitrogens is 5. The lowest BCUT2D eigenvalue weighted by molar-refractivity contribution is 0.0696. The van der Waals surface area contributed by atoms with E-state index in [0.29, 0.717) is 18.2 Å². The Labute approximate surface area is 298 Å². The summed E-state index contributed by atoms with van der Waals surface area (Å²) in [6, 6.07) is 16.6. The van der Waals surface area contributed by atoms with E-state index in [4.69, 9.17) is 9.72 Å². The van der Waals surface area contributed by atoms with Gasteiger partial charge in [0.1, 0.15) is 6.61 Å². The summed E-state index contributed by atoms with van der Waals surface area (Å²) in [5, 5.41) is 17.6. The van der Waals surface area contributed by atoms with E-state index >= 15 is 0 Å². The summed E-state index contributed by atoms with van der Waals surface area (Å²) in [5.41, 5.74) is 5.99. The maximum Gasteiger partial charge on any atom is 0.335 e. The second kappa shape index (κ2) is 14.7. The summed E-state index contributed by atoms with van der Waals surface area (Å²) in [5.74, 6) is -0.909. The maximum absolute atomic E-state index is 13.4. The highest BCUT2D eigenvalue weighted by molar-refractivity contribution is 7.92. The van der Waals surface area contributed by atoms with Crippen LogP contribution in [0.15, 0.2) is 71.8 Å². The van der Waals surface area contributed by atoms with Gasteiger partial charge in [0.2, 0.25) is 11.8 Å². The number of rotatable bonds is 14. The molecule has 1 saturated carbocycles. The third-order valence-electron chi connectivity index (χ3n) is 8.90. The van der Waals surface area contributed by atoms with Gasteiger partial charge in [0.25, 0.3) is 10.0 Å². The van der Waals surface area contributed by atoms with E-state index in [0.717, 1.165) is 59.1 Å². The van der Waals surface area contributed by atoms with Gasteiger partial charge in [-0.05, 0) is 79.8 Å². The first kappa shape index (κ1) is 36.7. The van der Waals surface area contributed by atoms with Gasteiger partial charge < -0.3 is 15.2 Å². The molecule has 50 heavy (non-hydrogen) atoms. The van der Waals surface area contributed by atoms with Gasteiger partial charge in [-0.1, -0.05) is 45.0 Å². The van der Waals surface area contributed by atoms with E-state index in [9.17, 15) is 18.3 Å². The number of hydrogen-bond donors (Lipinski definition) is 3. The number of carbonyl (C=O) groups is 1. The number of nitrogens with one attached hydrogen (secondary N) is 2. The number of nitrogens with zero attached hydrogens (tertiary/aromatic N) is 5. The van der Waals surface area contributed by atoms with Gasteiger partial charge in [0, 0.05) is 36.5 Å². The third kappa shape index (κ3) is 8.58. The van der Waals surface area contributed by atoms with Crippen LogP contribution in [0.25, 0.3) is 16.9 Å². The van der Waals surface area contributed by atoms with E-state index in [1.54, 1.807) is 10.6 Å². The monoisotopic (exact) mass is 719 g/mol. The van der Waals surface area contributed by atoms with Crippen molar-refractivity contribution in [2.75, 3.05) is 11.3 Å². The van der Waals surface area contributed by atoms with E-state index in [1.165, 1.54) is 18.2 Å². The molecule has 14 heteroatoms. The predicted molar refractivity (Wildman–Crippen MR) is 194 cm³/mol. The van der Waals surface area contributed by atoms with Gasteiger partial charge in [0.15, 0.2) is 5.65 Å². The fourth-order valence-electron chi connectivity index (χ4n) is 5.82. The zero-order valence-electron chi connectivity index (χ0n) is 28.7. The summed E-state index contributed by atoms with van der Waals surface area (Å²) in [6.45, 7) is 11.2. The predicted octanol–water partition coefficient (Wildman–Crippen LogP) is 6.57. The Morgan fingerprint density at radius 1 is 1.02 bits per heavy atom. The largest absolute Gasteiger partial charge is 0.478 e. The highest BCUT2D eigenvalue weighted by atomic mass is 35.5. The maximum atomic E-state index is 13.4. The number of halogens is 1. The average Bonchev–Trinajstić information content (AvgIpc) is 3.61. The minimum Gasteiger partial charge on any atom is -0.478 e. The molecule has 0 bridgehead atoms. The molecule has 264 valence electrons. The standard InChI is InChI=1S/C36H41N7O5S.ClH/c1-22(2)29-17-31-38-26(12-15-43(31)41-29)20-37-27(19-36(5)13-14-36)21-48-32-18-30(33-23(3)8-6-9-24(33)4)39-35(40-32)42-49(46,47)28-11-7-10-25(16-28)34(44)45;/h6-12,15-18,22,27,37H,13-14,19-21H2,1-5H3,(H,44,45)(H,39,40,42);1H/t27-;/m1./s1. The summed E-state index contributed by atoms with van der Waals surface area (Å²) >= 11 is 0. The smallest absolute Gasteiger partial charge is 0.335 e. The first-order valence-corrected chi connectivity index (χ1v) is 17.8. The molecule has 1 atom stereocenters. The first-order chi connectivity index (χ1) is 23.3. The Morgan fingerprint density at radius 3 is 2.42 bits per heavy atom. The van der Waals surface area contributed by atoms with Crippen LogP contribution in [0, 0.1) is 19.3 Å². The Balaban J connectivity index is 0.00000486. The summed E-state index contributed by atoms with van der Waals surface area (Å²) in [4.78, 5) is 25.1. The summed E-state index contributed by atoms with van der Waals surface area (Å²) in [6.07, 6.45) is 5.09. The van der Waals surface area contributed by atoms with Crippen molar-refractivity contribution >= 4 is 40.0 Å². The van der Waals surface area contributed by atoms with Gasteiger partial charge in [-0.15, -0.1) is 12.4 Å². The quantitative estimate of drug-likeness (QED) is 0.114. The number of aryl methyl sites for hydroxylation is 2. The second-order valence-corrected chi connectivity index (χ2v) is 15.2. The molecule has 6 rings (SSSR count). The molecule has 0 saturated heterocycles. The molecule has 1 aliphatic carbocycles. The lowest BCUT2D eigenvalue weighted by atomic mass is 9.99. The molecule has 0 aliphatic heterocycles. The first-order valence-electron chi connectivity index (χ1n) is 16.3. The number of benzene rings is 2. The highest BCUT2D eigenvalue weighted by Gasteiger charge is 2.39. The van der Waals surface area contributed by atoms with E-state index < -0.39 is 16.0 Å². The summed E-state index contributed by atoms with van der Waals surface area (Å²) in [7, 11) is -4.23. The van der Waals surface area contributed by atoms with Crippen molar-refractivity contribution in [1.82, 2.24) is 29.9 Å². The van der Waals surface area contributed by atoms with Gasteiger partial charge >= 0.3 is 5.97 Å². The number of anilines is 1. The van der Waals surface area contributed by atoms with Gasteiger partial charge in [-0.25, -0.2) is 32.4 Å². The number of hydrogen-bond acceptors (Lipinski definition) is 9. The van der Waals surface area contributed by atoms with Crippen molar-refractivity contribution < 1.29 is 23.1 Å². The van der Waals surface area contributed by atoms with Crippen LogP contribution in [0.2, 0.25) is 0 Å². The van der Waals surface area contributed by atoms with Crippen LogP contribution < -0.4 is 14.8 Å². The molecular weight excluding hydrogens is 678 g/mol. The Hall–Kier alpha value is -4.59. The lowest BCUT2D eigenvalue weighted by Gasteiger charge is -2.22. The Morgan fingerprint density at radius 2 is 1.74 bits per heavy atom. The van der Waals surface area contributed by atoms with Crippen molar-refractivity contribution in [1.29, 1.82) is 0 Å². The normalized spacial score (nSPS) is 14.3. The van der Waals surface area contributed by atoms with E-state index in [-0.39, 0.29) is 52.8 Å². The minimum absolute atomic E-state index is 0. The number of fused-ring (bicyclic) bond motifs is 1. The van der Waals surface area contributed by atoms with E-state index in [1.807, 2.05) is 50.4 Å². The van der Waals surface area contributed by atoms with Gasteiger partial charge in [-0.3, -0.25) is 0 Å². The third-order valence-corrected chi connectivity index (χ3v) is 10.2. The molecule has 3 N–H and O–H groups in total. The average molecular weight is 720 g/mol.